The predicted molar refractivity (Wildman–Crippen MR) is 84.3 cm³/mol. The standard InChI is InChI=1S/C17H29NO/c1-5-6-7-8-9-10-13-18-16-12-11-14(2)17(19-4)15(16)3/h11-12,18H,5-10,13H2,1-4H3. The molecule has 1 N–H and O–H groups in total. The zero-order chi connectivity index (χ0) is 14.1. The molecule has 2 heteroatoms. The number of methoxy groups -OCH3 is 1. The fraction of sp³-hybridized carbons (Fsp3) is 0.647. The summed E-state index contributed by atoms with van der Waals surface area (Å²) in [5.74, 6) is 1.01. The van der Waals surface area contributed by atoms with Crippen LogP contribution < -0.4 is 10.1 Å². The molecular weight excluding hydrogens is 234 g/mol. The Morgan fingerprint density at radius 2 is 1.68 bits per heavy atom. The van der Waals surface area contributed by atoms with E-state index in [4.69, 9.17) is 4.74 Å². The number of unbranched alkanes of at least 4 members (excludes halogenated alkanes) is 5. The summed E-state index contributed by atoms with van der Waals surface area (Å²) in [4.78, 5) is 0. The fourth-order valence-electron chi connectivity index (χ4n) is 2.46. The summed E-state index contributed by atoms with van der Waals surface area (Å²) >= 11 is 0. The number of benzene rings is 1. The Kier molecular flexibility index (Phi) is 7.39. The molecule has 0 heterocycles. The molecule has 0 radical (unpaired) electrons. The van der Waals surface area contributed by atoms with Crippen molar-refractivity contribution >= 4 is 5.69 Å². The molecule has 0 aromatic heterocycles. The normalized spacial score (nSPS) is 10.5. The van der Waals surface area contributed by atoms with Gasteiger partial charge in [-0.1, -0.05) is 45.1 Å². The third-order valence-corrected chi connectivity index (χ3v) is 3.65. The number of anilines is 1. The lowest BCUT2D eigenvalue weighted by atomic mass is 10.1. The van der Waals surface area contributed by atoms with E-state index in [-0.39, 0.29) is 0 Å². The van der Waals surface area contributed by atoms with Gasteiger partial charge in [-0.25, -0.2) is 0 Å². The van der Waals surface area contributed by atoms with Gasteiger partial charge in [0.25, 0.3) is 0 Å². The molecule has 0 aliphatic heterocycles. The Morgan fingerprint density at radius 1 is 1.00 bits per heavy atom. The van der Waals surface area contributed by atoms with Crippen LogP contribution in [0.4, 0.5) is 5.69 Å². The molecule has 108 valence electrons. The maximum absolute atomic E-state index is 5.45. The van der Waals surface area contributed by atoms with Crippen molar-refractivity contribution in [1.29, 1.82) is 0 Å². The van der Waals surface area contributed by atoms with Crippen molar-refractivity contribution < 1.29 is 4.74 Å². The van der Waals surface area contributed by atoms with Crippen molar-refractivity contribution in [2.24, 2.45) is 0 Å². The minimum absolute atomic E-state index is 1.01. The van der Waals surface area contributed by atoms with Crippen LogP contribution in [0.15, 0.2) is 12.1 Å². The van der Waals surface area contributed by atoms with Crippen LogP contribution in [0, 0.1) is 13.8 Å². The van der Waals surface area contributed by atoms with Gasteiger partial charge >= 0.3 is 0 Å². The molecule has 0 fully saturated rings. The quantitative estimate of drug-likeness (QED) is 0.627. The van der Waals surface area contributed by atoms with Gasteiger partial charge in [0.1, 0.15) is 5.75 Å². The van der Waals surface area contributed by atoms with Crippen molar-refractivity contribution in [3.63, 3.8) is 0 Å². The van der Waals surface area contributed by atoms with E-state index < -0.39 is 0 Å². The van der Waals surface area contributed by atoms with Crippen LogP contribution in [0.2, 0.25) is 0 Å². The number of ether oxygens (including phenoxy) is 1. The Hall–Kier alpha value is -1.18. The highest BCUT2D eigenvalue weighted by Crippen LogP contribution is 2.29. The first-order valence-electron chi connectivity index (χ1n) is 7.58. The van der Waals surface area contributed by atoms with E-state index in [0.717, 1.165) is 12.3 Å². The Morgan fingerprint density at radius 3 is 2.37 bits per heavy atom. The maximum Gasteiger partial charge on any atom is 0.126 e. The smallest absolute Gasteiger partial charge is 0.126 e. The minimum Gasteiger partial charge on any atom is -0.496 e. The van der Waals surface area contributed by atoms with Gasteiger partial charge in [0.2, 0.25) is 0 Å². The molecule has 1 rings (SSSR count). The first kappa shape index (κ1) is 15.9. The van der Waals surface area contributed by atoms with Gasteiger partial charge in [-0.15, -0.1) is 0 Å². The zero-order valence-corrected chi connectivity index (χ0v) is 13.0. The van der Waals surface area contributed by atoms with E-state index in [2.05, 4.69) is 38.2 Å². The monoisotopic (exact) mass is 263 g/mol. The molecule has 0 saturated heterocycles. The van der Waals surface area contributed by atoms with E-state index >= 15 is 0 Å². The number of hydrogen-bond donors (Lipinski definition) is 1. The Bertz CT molecular complexity index is 374. The van der Waals surface area contributed by atoms with E-state index in [9.17, 15) is 0 Å². The molecule has 0 saturated carbocycles. The lowest BCUT2D eigenvalue weighted by molar-refractivity contribution is 0.409. The second kappa shape index (κ2) is 8.84. The molecule has 0 aliphatic rings. The van der Waals surface area contributed by atoms with Gasteiger partial charge < -0.3 is 10.1 Å². The average Bonchev–Trinajstić information content (AvgIpc) is 2.40. The van der Waals surface area contributed by atoms with Crippen LogP contribution >= 0.6 is 0 Å². The summed E-state index contributed by atoms with van der Waals surface area (Å²) < 4.78 is 5.45. The van der Waals surface area contributed by atoms with Gasteiger partial charge in [0.15, 0.2) is 0 Å². The minimum atomic E-state index is 1.01. The van der Waals surface area contributed by atoms with E-state index in [1.165, 1.54) is 55.3 Å². The van der Waals surface area contributed by atoms with Crippen LogP contribution in [0.25, 0.3) is 0 Å². The van der Waals surface area contributed by atoms with E-state index in [1.54, 1.807) is 7.11 Å². The number of aryl methyl sites for hydroxylation is 1. The SMILES string of the molecule is CCCCCCCCNc1ccc(C)c(OC)c1C. The van der Waals surface area contributed by atoms with Crippen molar-refractivity contribution in [2.45, 2.75) is 59.3 Å². The molecule has 0 atom stereocenters. The van der Waals surface area contributed by atoms with Crippen molar-refractivity contribution in [2.75, 3.05) is 19.0 Å². The lowest BCUT2D eigenvalue weighted by Gasteiger charge is -2.14. The molecule has 0 amide bonds. The molecule has 19 heavy (non-hydrogen) atoms. The van der Waals surface area contributed by atoms with E-state index in [0.29, 0.717) is 0 Å². The first-order chi connectivity index (χ1) is 9.20. The maximum atomic E-state index is 5.45. The van der Waals surface area contributed by atoms with Gasteiger partial charge in [0.05, 0.1) is 7.11 Å². The molecule has 0 bridgehead atoms. The third kappa shape index (κ3) is 5.14. The van der Waals surface area contributed by atoms with Crippen LogP contribution in [0.1, 0.15) is 56.6 Å². The molecule has 0 unspecified atom stereocenters. The highest BCUT2D eigenvalue weighted by Gasteiger charge is 2.06. The van der Waals surface area contributed by atoms with Crippen LogP contribution in [-0.4, -0.2) is 13.7 Å². The average molecular weight is 263 g/mol. The van der Waals surface area contributed by atoms with E-state index in [1.807, 2.05) is 0 Å². The second-order valence-corrected chi connectivity index (χ2v) is 5.28. The first-order valence-corrected chi connectivity index (χ1v) is 7.58. The second-order valence-electron chi connectivity index (χ2n) is 5.28. The predicted octanol–water partition coefficient (Wildman–Crippen LogP) is 5.08. The van der Waals surface area contributed by atoms with Crippen LogP contribution in [0.5, 0.6) is 5.75 Å². The van der Waals surface area contributed by atoms with Gasteiger partial charge in [0, 0.05) is 17.8 Å². The fourth-order valence-corrected chi connectivity index (χ4v) is 2.46. The largest absolute Gasteiger partial charge is 0.496 e. The number of rotatable bonds is 9. The van der Waals surface area contributed by atoms with Crippen molar-refractivity contribution in [3.05, 3.63) is 23.3 Å². The summed E-state index contributed by atoms with van der Waals surface area (Å²) in [5.41, 5.74) is 3.62. The summed E-state index contributed by atoms with van der Waals surface area (Å²) in [5, 5.41) is 3.53. The molecule has 1 aromatic carbocycles. The Balaban J connectivity index is 2.33. The topological polar surface area (TPSA) is 21.3 Å². The number of nitrogens with one attached hydrogen (secondary N) is 1. The number of hydrogen-bond acceptors (Lipinski definition) is 2. The Labute approximate surface area is 118 Å². The van der Waals surface area contributed by atoms with Gasteiger partial charge in [-0.3, -0.25) is 0 Å². The molecular formula is C17H29NO. The highest BCUT2D eigenvalue weighted by molar-refractivity contribution is 5.59. The van der Waals surface area contributed by atoms with Gasteiger partial charge in [-0.05, 0) is 31.9 Å². The summed E-state index contributed by atoms with van der Waals surface area (Å²) in [7, 11) is 1.74. The van der Waals surface area contributed by atoms with Crippen molar-refractivity contribution in [1.82, 2.24) is 0 Å². The van der Waals surface area contributed by atoms with Gasteiger partial charge in [-0.2, -0.15) is 0 Å². The summed E-state index contributed by atoms with van der Waals surface area (Å²) in [6.07, 6.45) is 8.02. The lowest BCUT2D eigenvalue weighted by Crippen LogP contribution is -2.04. The molecule has 1 aromatic rings. The molecule has 2 nitrogen and oxygen atoms in total. The zero-order valence-electron chi connectivity index (χ0n) is 13.0. The highest BCUT2D eigenvalue weighted by atomic mass is 16.5. The third-order valence-electron chi connectivity index (χ3n) is 3.65. The summed E-state index contributed by atoms with van der Waals surface area (Å²) in [6, 6.07) is 4.28. The summed E-state index contributed by atoms with van der Waals surface area (Å²) in [6.45, 7) is 7.52. The van der Waals surface area contributed by atoms with Crippen LogP contribution in [-0.2, 0) is 0 Å². The van der Waals surface area contributed by atoms with Crippen molar-refractivity contribution in [3.8, 4) is 5.75 Å². The molecule has 0 spiro atoms. The van der Waals surface area contributed by atoms with Crippen LogP contribution in [0.3, 0.4) is 0 Å². The molecule has 0 aliphatic carbocycles.